The fraction of sp³-hybridized carbons (Fsp3) is 0.154. The molecule has 2 nitrogen and oxygen atoms in total. The van der Waals surface area contributed by atoms with E-state index >= 15 is 0 Å². The van der Waals surface area contributed by atoms with E-state index in [4.69, 9.17) is 0 Å². The number of hydrogen-bond acceptors (Lipinski definition) is 2. The Balaban J connectivity index is 2.53. The zero-order chi connectivity index (χ0) is 13.3. The second kappa shape index (κ2) is 4.42. The summed E-state index contributed by atoms with van der Waals surface area (Å²) >= 11 is 0. The van der Waals surface area contributed by atoms with Gasteiger partial charge in [-0.1, -0.05) is 0 Å². The molecule has 1 aromatic heterocycles. The fourth-order valence-electron chi connectivity index (χ4n) is 1.72. The zero-order valence-electron chi connectivity index (χ0n) is 9.49. The second-order valence-corrected chi connectivity index (χ2v) is 4.09. The molecule has 0 spiro atoms. The molecule has 0 aliphatic carbocycles. The van der Waals surface area contributed by atoms with Gasteiger partial charge in [0.1, 0.15) is 23.1 Å². The van der Waals surface area contributed by atoms with Crippen molar-refractivity contribution in [3.05, 3.63) is 65.2 Å². The summed E-state index contributed by atoms with van der Waals surface area (Å²) in [5, 5.41) is 10.3. The smallest absolute Gasteiger partial charge is 0.141 e. The van der Waals surface area contributed by atoms with Gasteiger partial charge in [-0.3, -0.25) is 4.98 Å². The van der Waals surface area contributed by atoms with Crippen LogP contribution in [0.2, 0.25) is 0 Å². The molecule has 0 fully saturated rings. The van der Waals surface area contributed by atoms with Crippen LogP contribution in [0.1, 0.15) is 18.1 Å². The van der Waals surface area contributed by atoms with Gasteiger partial charge in [0.2, 0.25) is 0 Å². The van der Waals surface area contributed by atoms with Crippen LogP contribution in [-0.4, -0.2) is 10.1 Å². The Hall–Kier alpha value is -1.88. The maximum Gasteiger partial charge on any atom is 0.141 e. The van der Waals surface area contributed by atoms with E-state index in [1.807, 2.05) is 0 Å². The lowest BCUT2D eigenvalue weighted by molar-refractivity contribution is 0.0970. The average molecular weight is 253 g/mol. The number of hydrogen-bond donors (Lipinski definition) is 1. The largest absolute Gasteiger partial charge is 0.381 e. The van der Waals surface area contributed by atoms with Crippen LogP contribution in [0.15, 0.2) is 36.7 Å². The summed E-state index contributed by atoms with van der Waals surface area (Å²) in [7, 11) is 0. The minimum absolute atomic E-state index is 0.0907. The summed E-state index contributed by atoms with van der Waals surface area (Å²) in [5.74, 6) is -2.29. The minimum atomic E-state index is -1.78. The van der Waals surface area contributed by atoms with Crippen molar-refractivity contribution in [1.29, 1.82) is 0 Å². The van der Waals surface area contributed by atoms with Gasteiger partial charge in [0.05, 0.1) is 6.20 Å². The highest BCUT2D eigenvalue weighted by Gasteiger charge is 2.29. The number of aliphatic hydroxyl groups is 1. The van der Waals surface area contributed by atoms with Crippen LogP contribution in [0.5, 0.6) is 0 Å². The Bertz CT molecular complexity index is 584. The summed E-state index contributed by atoms with van der Waals surface area (Å²) in [5.41, 5.74) is -1.84. The number of halogens is 3. The molecule has 0 saturated heterocycles. The minimum Gasteiger partial charge on any atom is -0.381 e. The van der Waals surface area contributed by atoms with Gasteiger partial charge in [-0.2, -0.15) is 0 Å². The van der Waals surface area contributed by atoms with E-state index in [1.54, 1.807) is 0 Å². The molecular formula is C13H10F3NO. The summed E-state index contributed by atoms with van der Waals surface area (Å²) < 4.78 is 39.5. The molecule has 1 unspecified atom stereocenters. The number of rotatable bonds is 2. The molecule has 1 N–H and O–H groups in total. The van der Waals surface area contributed by atoms with Crippen LogP contribution >= 0.6 is 0 Å². The van der Waals surface area contributed by atoms with Crippen molar-refractivity contribution in [2.45, 2.75) is 12.5 Å². The van der Waals surface area contributed by atoms with Crippen LogP contribution < -0.4 is 0 Å². The molecule has 0 amide bonds. The van der Waals surface area contributed by atoms with Gasteiger partial charge in [0.15, 0.2) is 0 Å². The van der Waals surface area contributed by atoms with E-state index in [0.29, 0.717) is 6.07 Å². The maximum absolute atomic E-state index is 13.6. The van der Waals surface area contributed by atoms with Crippen LogP contribution in [0.25, 0.3) is 0 Å². The third-order valence-corrected chi connectivity index (χ3v) is 2.72. The van der Waals surface area contributed by atoms with Crippen LogP contribution in [0.4, 0.5) is 13.2 Å². The van der Waals surface area contributed by atoms with Gasteiger partial charge in [-0.15, -0.1) is 0 Å². The number of aromatic nitrogens is 1. The van der Waals surface area contributed by atoms with E-state index in [-0.39, 0.29) is 11.1 Å². The van der Waals surface area contributed by atoms with E-state index in [1.165, 1.54) is 13.1 Å². The molecule has 0 radical (unpaired) electrons. The quantitative estimate of drug-likeness (QED) is 0.892. The van der Waals surface area contributed by atoms with E-state index in [2.05, 4.69) is 4.98 Å². The van der Waals surface area contributed by atoms with Crippen molar-refractivity contribution < 1.29 is 18.3 Å². The van der Waals surface area contributed by atoms with Crippen molar-refractivity contribution in [3.63, 3.8) is 0 Å². The van der Waals surface area contributed by atoms with Gasteiger partial charge >= 0.3 is 0 Å². The van der Waals surface area contributed by atoms with Gasteiger partial charge < -0.3 is 5.11 Å². The Morgan fingerprint density at radius 2 is 1.78 bits per heavy atom. The molecule has 2 rings (SSSR count). The Kier molecular flexibility index (Phi) is 3.09. The summed E-state index contributed by atoms with van der Waals surface area (Å²) in [6.07, 6.45) is 2.20. The van der Waals surface area contributed by atoms with E-state index < -0.39 is 23.1 Å². The Labute approximate surface area is 102 Å². The number of nitrogens with zero attached hydrogens (tertiary/aromatic N) is 1. The Morgan fingerprint density at radius 3 is 2.39 bits per heavy atom. The molecular weight excluding hydrogens is 243 g/mol. The van der Waals surface area contributed by atoms with Crippen LogP contribution in [0.3, 0.4) is 0 Å². The first kappa shape index (κ1) is 12.6. The lowest BCUT2D eigenvalue weighted by Crippen LogP contribution is -2.24. The lowest BCUT2D eigenvalue weighted by Gasteiger charge is -2.24. The number of pyridine rings is 1. The molecule has 0 bridgehead atoms. The predicted octanol–water partition coefficient (Wildman–Crippen LogP) is 2.75. The molecule has 94 valence electrons. The molecule has 1 atom stereocenters. The van der Waals surface area contributed by atoms with Gasteiger partial charge in [0, 0.05) is 23.4 Å². The molecule has 1 heterocycles. The molecule has 0 aliphatic heterocycles. The zero-order valence-corrected chi connectivity index (χ0v) is 9.49. The summed E-state index contributed by atoms with van der Waals surface area (Å²) in [6.45, 7) is 1.29. The standard InChI is InChI=1S/C13H10F3NO/c1-13(18,8-4-10(15)7-17-6-8)11-3-2-9(14)5-12(11)16/h2-7,18H,1H3. The van der Waals surface area contributed by atoms with Crippen LogP contribution in [-0.2, 0) is 5.60 Å². The van der Waals surface area contributed by atoms with Crippen molar-refractivity contribution in [1.82, 2.24) is 4.98 Å². The first-order valence-corrected chi connectivity index (χ1v) is 5.20. The lowest BCUT2D eigenvalue weighted by atomic mass is 9.89. The average Bonchev–Trinajstić information content (AvgIpc) is 2.28. The predicted molar refractivity (Wildman–Crippen MR) is 59.2 cm³/mol. The van der Waals surface area contributed by atoms with Gasteiger partial charge in [-0.25, -0.2) is 13.2 Å². The summed E-state index contributed by atoms with van der Waals surface area (Å²) in [4.78, 5) is 3.59. The molecule has 0 saturated carbocycles. The SMILES string of the molecule is CC(O)(c1cncc(F)c1)c1ccc(F)cc1F. The monoisotopic (exact) mass is 253 g/mol. The molecule has 1 aromatic carbocycles. The normalized spacial score (nSPS) is 14.3. The third-order valence-electron chi connectivity index (χ3n) is 2.72. The highest BCUT2D eigenvalue weighted by atomic mass is 19.1. The topological polar surface area (TPSA) is 33.1 Å². The summed E-state index contributed by atoms with van der Waals surface area (Å²) in [6, 6.07) is 3.86. The van der Waals surface area contributed by atoms with Crippen molar-refractivity contribution in [3.8, 4) is 0 Å². The van der Waals surface area contributed by atoms with Gasteiger partial charge in [-0.05, 0) is 25.1 Å². The molecule has 5 heteroatoms. The van der Waals surface area contributed by atoms with Crippen molar-refractivity contribution >= 4 is 0 Å². The van der Waals surface area contributed by atoms with Gasteiger partial charge in [0.25, 0.3) is 0 Å². The first-order chi connectivity index (χ1) is 8.41. The van der Waals surface area contributed by atoms with Crippen molar-refractivity contribution in [2.75, 3.05) is 0 Å². The third kappa shape index (κ3) is 2.22. The highest BCUT2D eigenvalue weighted by molar-refractivity contribution is 5.34. The maximum atomic E-state index is 13.6. The molecule has 2 aromatic rings. The van der Waals surface area contributed by atoms with Crippen molar-refractivity contribution in [2.24, 2.45) is 0 Å². The fourth-order valence-corrected chi connectivity index (χ4v) is 1.72. The molecule has 0 aliphatic rings. The Morgan fingerprint density at radius 1 is 1.06 bits per heavy atom. The second-order valence-electron chi connectivity index (χ2n) is 4.09. The number of benzene rings is 1. The van der Waals surface area contributed by atoms with E-state index in [9.17, 15) is 18.3 Å². The highest BCUT2D eigenvalue weighted by Crippen LogP contribution is 2.30. The van der Waals surface area contributed by atoms with Crippen LogP contribution in [0, 0.1) is 17.5 Å². The molecule has 18 heavy (non-hydrogen) atoms. The first-order valence-electron chi connectivity index (χ1n) is 5.20. The van der Waals surface area contributed by atoms with E-state index in [0.717, 1.165) is 24.4 Å².